The van der Waals surface area contributed by atoms with E-state index in [1.165, 1.54) is 18.4 Å². The SMILES string of the molecule is COC(=O)C(C)c1csc(-c2ccccc2)n1. The molecule has 0 aliphatic rings. The number of ether oxygens (including phenoxy) is 1. The van der Waals surface area contributed by atoms with Crippen molar-refractivity contribution >= 4 is 17.3 Å². The monoisotopic (exact) mass is 247 g/mol. The highest BCUT2D eigenvalue weighted by Gasteiger charge is 2.18. The van der Waals surface area contributed by atoms with E-state index in [4.69, 9.17) is 4.74 Å². The van der Waals surface area contributed by atoms with Gasteiger partial charge in [0.05, 0.1) is 18.7 Å². The third-order valence-corrected chi connectivity index (χ3v) is 3.45. The van der Waals surface area contributed by atoms with Crippen LogP contribution in [0.1, 0.15) is 18.5 Å². The standard InChI is InChI=1S/C13H13NO2S/c1-9(13(15)16-2)11-8-17-12(14-11)10-6-4-3-5-7-10/h3-9H,1-2H3. The molecule has 4 heteroatoms. The van der Waals surface area contributed by atoms with Crippen LogP contribution in [-0.2, 0) is 9.53 Å². The second-order valence-electron chi connectivity index (χ2n) is 3.69. The summed E-state index contributed by atoms with van der Waals surface area (Å²) in [6.07, 6.45) is 0. The van der Waals surface area contributed by atoms with Crippen LogP contribution in [0.15, 0.2) is 35.7 Å². The van der Waals surface area contributed by atoms with Crippen molar-refractivity contribution in [3.8, 4) is 10.6 Å². The minimum atomic E-state index is -0.311. The number of rotatable bonds is 3. The van der Waals surface area contributed by atoms with Crippen molar-refractivity contribution in [1.82, 2.24) is 4.98 Å². The van der Waals surface area contributed by atoms with E-state index in [9.17, 15) is 4.79 Å². The molecule has 3 nitrogen and oxygen atoms in total. The lowest BCUT2D eigenvalue weighted by atomic mass is 10.1. The van der Waals surface area contributed by atoms with Crippen LogP contribution in [0.5, 0.6) is 0 Å². The number of esters is 1. The van der Waals surface area contributed by atoms with Gasteiger partial charge in [0, 0.05) is 10.9 Å². The summed E-state index contributed by atoms with van der Waals surface area (Å²) >= 11 is 1.54. The number of carbonyl (C=O) groups is 1. The Morgan fingerprint density at radius 1 is 1.35 bits per heavy atom. The van der Waals surface area contributed by atoms with E-state index >= 15 is 0 Å². The summed E-state index contributed by atoms with van der Waals surface area (Å²) in [6, 6.07) is 9.92. The molecule has 1 unspecified atom stereocenters. The first kappa shape index (κ1) is 11.8. The number of hydrogen-bond acceptors (Lipinski definition) is 4. The summed E-state index contributed by atoms with van der Waals surface area (Å²) < 4.78 is 4.71. The van der Waals surface area contributed by atoms with Crippen LogP contribution in [0.4, 0.5) is 0 Å². The van der Waals surface area contributed by atoms with Gasteiger partial charge in [0.2, 0.25) is 0 Å². The molecule has 0 N–H and O–H groups in total. The van der Waals surface area contributed by atoms with Crippen LogP contribution in [0.3, 0.4) is 0 Å². The van der Waals surface area contributed by atoms with Gasteiger partial charge in [0.25, 0.3) is 0 Å². The lowest BCUT2D eigenvalue weighted by molar-refractivity contribution is -0.142. The molecule has 0 amide bonds. The molecule has 1 aromatic carbocycles. The lowest BCUT2D eigenvalue weighted by Gasteiger charge is -2.04. The first-order chi connectivity index (χ1) is 8.22. The predicted octanol–water partition coefficient (Wildman–Crippen LogP) is 3.09. The van der Waals surface area contributed by atoms with E-state index < -0.39 is 0 Å². The van der Waals surface area contributed by atoms with Crippen LogP contribution in [0, 0.1) is 0 Å². The Morgan fingerprint density at radius 3 is 2.71 bits per heavy atom. The van der Waals surface area contributed by atoms with Gasteiger partial charge in [-0.15, -0.1) is 11.3 Å². The average molecular weight is 247 g/mol. The molecule has 1 heterocycles. The highest BCUT2D eigenvalue weighted by atomic mass is 32.1. The van der Waals surface area contributed by atoms with Crippen LogP contribution < -0.4 is 0 Å². The third kappa shape index (κ3) is 2.53. The fraction of sp³-hybridized carbons (Fsp3) is 0.231. The minimum Gasteiger partial charge on any atom is -0.469 e. The summed E-state index contributed by atoms with van der Waals surface area (Å²) in [7, 11) is 1.39. The zero-order chi connectivity index (χ0) is 12.3. The molecule has 2 aromatic rings. The maximum atomic E-state index is 11.4. The van der Waals surface area contributed by atoms with Crippen molar-refractivity contribution in [3.63, 3.8) is 0 Å². The first-order valence-electron chi connectivity index (χ1n) is 5.31. The molecule has 0 spiro atoms. The molecule has 1 aromatic heterocycles. The second-order valence-corrected chi connectivity index (χ2v) is 4.55. The molecule has 0 aliphatic carbocycles. The van der Waals surface area contributed by atoms with Gasteiger partial charge in [-0.1, -0.05) is 30.3 Å². The molecule has 0 radical (unpaired) electrons. The Bertz CT molecular complexity index is 507. The Balaban J connectivity index is 2.25. The molecule has 17 heavy (non-hydrogen) atoms. The van der Waals surface area contributed by atoms with Crippen molar-refractivity contribution < 1.29 is 9.53 Å². The van der Waals surface area contributed by atoms with E-state index in [1.807, 2.05) is 35.7 Å². The second kappa shape index (κ2) is 5.10. The number of aromatic nitrogens is 1. The van der Waals surface area contributed by atoms with Gasteiger partial charge in [-0.2, -0.15) is 0 Å². The summed E-state index contributed by atoms with van der Waals surface area (Å²) in [5.74, 6) is -0.566. The van der Waals surface area contributed by atoms with Gasteiger partial charge < -0.3 is 4.74 Å². The summed E-state index contributed by atoms with van der Waals surface area (Å²) in [6.45, 7) is 1.80. The Hall–Kier alpha value is -1.68. The molecule has 0 fully saturated rings. The van der Waals surface area contributed by atoms with E-state index in [0.29, 0.717) is 0 Å². The lowest BCUT2D eigenvalue weighted by Crippen LogP contribution is -2.10. The van der Waals surface area contributed by atoms with E-state index in [0.717, 1.165) is 16.3 Å². The van der Waals surface area contributed by atoms with E-state index in [1.54, 1.807) is 6.92 Å². The number of nitrogens with zero attached hydrogens (tertiary/aromatic N) is 1. The molecular formula is C13H13NO2S. The van der Waals surface area contributed by atoms with Gasteiger partial charge in [-0.3, -0.25) is 4.79 Å². The highest BCUT2D eigenvalue weighted by molar-refractivity contribution is 7.13. The largest absolute Gasteiger partial charge is 0.469 e. The molecule has 88 valence electrons. The number of benzene rings is 1. The van der Waals surface area contributed by atoms with Gasteiger partial charge >= 0.3 is 5.97 Å². The topological polar surface area (TPSA) is 39.2 Å². The van der Waals surface area contributed by atoms with Crippen molar-refractivity contribution in [2.24, 2.45) is 0 Å². The fourth-order valence-corrected chi connectivity index (χ4v) is 2.42. The van der Waals surface area contributed by atoms with Crippen molar-refractivity contribution in [2.75, 3.05) is 7.11 Å². The number of thiazole rings is 1. The zero-order valence-corrected chi connectivity index (χ0v) is 10.5. The van der Waals surface area contributed by atoms with Crippen molar-refractivity contribution in [1.29, 1.82) is 0 Å². The smallest absolute Gasteiger partial charge is 0.314 e. The summed E-state index contributed by atoms with van der Waals surface area (Å²) in [5.41, 5.74) is 1.83. The first-order valence-corrected chi connectivity index (χ1v) is 6.19. The van der Waals surface area contributed by atoms with Crippen molar-refractivity contribution in [2.45, 2.75) is 12.8 Å². The van der Waals surface area contributed by atoms with Crippen LogP contribution in [0.25, 0.3) is 10.6 Å². The van der Waals surface area contributed by atoms with Gasteiger partial charge in [-0.25, -0.2) is 4.98 Å². The van der Waals surface area contributed by atoms with Crippen LogP contribution >= 0.6 is 11.3 Å². The van der Waals surface area contributed by atoms with Crippen LogP contribution in [0.2, 0.25) is 0 Å². The van der Waals surface area contributed by atoms with E-state index in [-0.39, 0.29) is 11.9 Å². The average Bonchev–Trinajstić information content (AvgIpc) is 2.87. The maximum Gasteiger partial charge on any atom is 0.314 e. The summed E-state index contributed by atoms with van der Waals surface area (Å²) in [5, 5.41) is 2.83. The quantitative estimate of drug-likeness (QED) is 0.782. The van der Waals surface area contributed by atoms with Crippen LogP contribution in [-0.4, -0.2) is 18.1 Å². The molecule has 0 aliphatic heterocycles. The van der Waals surface area contributed by atoms with Gasteiger partial charge in [0.15, 0.2) is 0 Å². The third-order valence-electron chi connectivity index (χ3n) is 2.54. The Morgan fingerprint density at radius 2 is 2.06 bits per heavy atom. The Labute approximate surface area is 104 Å². The molecular weight excluding hydrogens is 234 g/mol. The van der Waals surface area contributed by atoms with Crippen molar-refractivity contribution in [3.05, 3.63) is 41.4 Å². The number of methoxy groups -OCH3 is 1. The fourth-order valence-electron chi connectivity index (χ4n) is 1.50. The van der Waals surface area contributed by atoms with Gasteiger partial charge in [-0.05, 0) is 6.92 Å². The maximum absolute atomic E-state index is 11.4. The number of hydrogen-bond donors (Lipinski definition) is 0. The summed E-state index contributed by atoms with van der Waals surface area (Å²) in [4.78, 5) is 15.9. The van der Waals surface area contributed by atoms with E-state index in [2.05, 4.69) is 4.98 Å². The highest BCUT2D eigenvalue weighted by Crippen LogP contribution is 2.27. The number of carbonyl (C=O) groups excluding carboxylic acids is 1. The zero-order valence-electron chi connectivity index (χ0n) is 9.71. The molecule has 0 saturated heterocycles. The molecule has 1 atom stereocenters. The predicted molar refractivity (Wildman–Crippen MR) is 68.0 cm³/mol. The molecule has 0 saturated carbocycles. The Kier molecular flexibility index (Phi) is 3.54. The minimum absolute atomic E-state index is 0.255. The normalized spacial score (nSPS) is 12.1. The molecule has 2 rings (SSSR count). The molecule has 0 bridgehead atoms. The van der Waals surface area contributed by atoms with Gasteiger partial charge in [0.1, 0.15) is 5.01 Å².